The number of hydrogen-bond donors (Lipinski definition) is 2. The summed E-state index contributed by atoms with van der Waals surface area (Å²) in [6, 6.07) is 0. The molecule has 5 heteroatoms. The Balaban J connectivity index is 2.09. The lowest BCUT2D eigenvalue weighted by molar-refractivity contribution is -0.124. The highest BCUT2D eigenvalue weighted by atomic mass is 16.5. The highest BCUT2D eigenvalue weighted by Crippen LogP contribution is 2.30. The van der Waals surface area contributed by atoms with Crippen molar-refractivity contribution in [2.45, 2.75) is 38.6 Å². The summed E-state index contributed by atoms with van der Waals surface area (Å²) in [5.41, 5.74) is 6.81. The molecule has 1 saturated carbocycles. The first kappa shape index (κ1) is 10.2. The summed E-state index contributed by atoms with van der Waals surface area (Å²) in [6.07, 6.45) is 2.49. The highest BCUT2D eigenvalue weighted by molar-refractivity contribution is 5.98. The van der Waals surface area contributed by atoms with Crippen molar-refractivity contribution in [3.05, 3.63) is 11.3 Å². The number of carbonyl (C=O) groups excluding carboxylic acids is 1. The molecule has 0 radical (unpaired) electrons. The Labute approximate surface area is 88.0 Å². The van der Waals surface area contributed by atoms with E-state index in [0.717, 1.165) is 30.5 Å². The van der Waals surface area contributed by atoms with Crippen molar-refractivity contribution in [1.29, 1.82) is 0 Å². The summed E-state index contributed by atoms with van der Waals surface area (Å²) in [6.45, 7) is 3.68. The number of rotatable bonds is 2. The van der Waals surface area contributed by atoms with E-state index in [1.165, 1.54) is 0 Å². The molecule has 0 unspecified atom stereocenters. The lowest BCUT2D eigenvalue weighted by Crippen LogP contribution is -2.56. The Hall–Kier alpha value is -1.36. The smallest absolute Gasteiger partial charge is 0.246 e. The topological polar surface area (TPSA) is 81.2 Å². The first-order chi connectivity index (χ1) is 7.03. The summed E-state index contributed by atoms with van der Waals surface area (Å²) >= 11 is 0. The Morgan fingerprint density at radius 3 is 2.60 bits per heavy atom. The van der Waals surface area contributed by atoms with E-state index in [4.69, 9.17) is 10.3 Å². The van der Waals surface area contributed by atoms with Crippen LogP contribution >= 0.6 is 0 Å². The third kappa shape index (κ3) is 1.63. The average Bonchev–Trinajstić information content (AvgIpc) is 2.46. The highest BCUT2D eigenvalue weighted by Gasteiger charge is 2.40. The number of nitrogens with two attached hydrogens (primary N) is 1. The molecule has 0 bridgehead atoms. The minimum Gasteiger partial charge on any atom is -0.338 e. The molecule has 82 valence electrons. The number of anilines is 1. The van der Waals surface area contributed by atoms with Crippen LogP contribution in [0.2, 0.25) is 0 Å². The van der Waals surface area contributed by atoms with Crippen LogP contribution in [0.5, 0.6) is 0 Å². The van der Waals surface area contributed by atoms with Crippen LogP contribution < -0.4 is 11.1 Å². The van der Waals surface area contributed by atoms with E-state index in [9.17, 15) is 4.79 Å². The fourth-order valence-electron chi connectivity index (χ4n) is 1.54. The zero-order valence-corrected chi connectivity index (χ0v) is 8.96. The second kappa shape index (κ2) is 3.34. The molecule has 5 nitrogen and oxygen atoms in total. The van der Waals surface area contributed by atoms with Crippen molar-refractivity contribution in [3.8, 4) is 0 Å². The maximum absolute atomic E-state index is 11.8. The van der Waals surface area contributed by atoms with Crippen molar-refractivity contribution in [1.82, 2.24) is 5.16 Å². The van der Waals surface area contributed by atoms with Crippen LogP contribution in [0, 0.1) is 13.8 Å². The van der Waals surface area contributed by atoms with Gasteiger partial charge in [0.05, 0.1) is 11.2 Å². The summed E-state index contributed by atoms with van der Waals surface area (Å²) < 4.78 is 4.99. The number of nitrogens with zero attached hydrogens (tertiary/aromatic N) is 1. The third-order valence-corrected chi connectivity index (χ3v) is 3.08. The fourth-order valence-corrected chi connectivity index (χ4v) is 1.54. The van der Waals surface area contributed by atoms with Gasteiger partial charge in [-0.15, -0.1) is 0 Å². The lowest BCUT2D eigenvalue weighted by Gasteiger charge is -2.35. The number of nitrogens with one attached hydrogen (secondary N) is 1. The van der Waals surface area contributed by atoms with Crippen LogP contribution in [-0.4, -0.2) is 16.6 Å². The van der Waals surface area contributed by atoms with E-state index in [-0.39, 0.29) is 5.91 Å². The molecule has 1 aliphatic rings. The number of aryl methyl sites for hydroxylation is 1. The van der Waals surface area contributed by atoms with Crippen molar-refractivity contribution >= 4 is 11.8 Å². The van der Waals surface area contributed by atoms with Gasteiger partial charge in [0, 0.05) is 5.56 Å². The van der Waals surface area contributed by atoms with E-state index < -0.39 is 5.54 Å². The maximum Gasteiger partial charge on any atom is 0.246 e. The first-order valence-electron chi connectivity index (χ1n) is 5.06. The third-order valence-electron chi connectivity index (χ3n) is 3.08. The van der Waals surface area contributed by atoms with Crippen LogP contribution in [0.4, 0.5) is 5.88 Å². The largest absolute Gasteiger partial charge is 0.338 e. The monoisotopic (exact) mass is 209 g/mol. The van der Waals surface area contributed by atoms with Crippen LogP contribution in [-0.2, 0) is 4.79 Å². The van der Waals surface area contributed by atoms with Crippen LogP contribution in [0.3, 0.4) is 0 Å². The normalized spacial score (nSPS) is 18.3. The van der Waals surface area contributed by atoms with Gasteiger partial charge in [0.25, 0.3) is 0 Å². The van der Waals surface area contributed by atoms with E-state index in [1.54, 1.807) is 0 Å². The molecule has 0 atom stereocenters. The first-order valence-corrected chi connectivity index (χ1v) is 5.06. The molecule has 0 saturated heterocycles. The SMILES string of the molecule is Cc1noc(NC(=O)C2(N)CCC2)c1C. The molecule has 0 aliphatic heterocycles. The van der Waals surface area contributed by atoms with Gasteiger partial charge in [0.1, 0.15) is 0 Å². The standard InChI is InChI=1S/C10H15N3O2/c1-6-7(2)13-15-8(6)12-9(14)10(11)4-3-5-10/h3-5,11H2,1-2H3,(H,12,14). The summed E-state index contributed by atoms with van der Waals surface area (Å²) in [4.78, 5) is 11.8. The molecule has 1 amide bonds. The van der Waals surface area contributed by atoms with Gasteiger partial charge in [-0.25, -0.2) is 0 Å². The zero-order valence-electron chi connectivity index (χ0n) is 8.96. The summed E-state index contributed by atoms with van der Waals surface area (Å²) in [7, 11) is 0. The van der Waals surface area contributed by atoms with Gasteiger partial charge in [-0.05, 0) is 33.1 Å². The molecule has 0 spiro atoms. The molecular weight excluding hydrogens is 194 g/mol. The van der Waals surface area contributed by atoms with Gasteiger partial charge in [0.2, 0.25) is 11.8 Å². The molecule has 1 heterocycles. The minimum absolute atomic E-state index is 0.173. The molecule has 1 aromatic rings. The van der Waals surface area contributed by atoms with Gasteiger partial charge >= 0.3 is 0 Å². The molecule has 2 rings (SSSR count). The van der Waals surface area contributed by atoms with Crippen molar-refractivity contribution in [2.75, 3.05) is 5.32 Å². The van der Waals surface area contributed by atoms with Gasteiger partial charge in [-0.3, -0.25) is 10.1 Å². The van der Waals surface area contributed by atoms with Gasteiger partial charge in [-0.2, -0.15) is 0 Å². The van der Waals surface area contributed by atoms with Crippen LogP contribution in [0.15, 0.2) is 4.52 Å². The van der Waals surface area contributed by atoms with E-state index >= 15 is 0 Å². The Morgan fingerprint density at radius 2 is 2.20 bits per heavy atom. The van der Waals surface area contributed by atoms with Crippen LogP contribution in [0.25, 0.3) is 0 Å². The molecule has 15 heavy (non-hydrogen) atoms. The Bertz CT molecular complexity index is 393. The van der Waals surface area contributed by atoms with E-state index in [2.05, 4.69) is 10.5 Å². The van der Waals surface area contributed by atoms with Crippen molar-refractivity contribution < 1.29 is 9.32 Å². The average molecular weight is 209 g/mol. The van der Waals surface area contributed by atoms with E-state index in [0.29, 0.717) is 5.88 Å². The number of amides is 1. The lowest BCUT2D eigenvalue weighted by atomic mass is 9.77. The van der Waals surface area contributed by atoms with Crippen molar-refractivity contribution in [3.63, 3.8) is 0 Å². The Kier molecular flexibility index (Phi) is 2.26. The fraction of sp³-hybridized carbons (Fsp3) is 0.600. The number of hydrogen-bond acceptors (Lipinski definition) is 4. The predicted octanol–water partition coefficient (Wildman–Crippen LogP) is 1.11. The molecule has 3 N–H and O–H groups in total. The second-order valence-corrected chi connectivity index (χ2v) is 4.19. The summed E-state index contributed by atoms with van der Waals surface area (Å²) in [5.74, 6) is 0.238. The molecular formula is C10H15N3O2. The maximum atomic E-state index is 11.8. The second-order valence-electron chi connectivity index (χ2n) is 4.19. The van der Waals surface area contributed by atoms with Gasteiger partial charge in [-0.1, -0.05) is 5.16 Å². The minimum atomic E-state index is -0.701. The van der Waals surface area contributed by atoms with Crippen LogP contribution in [0.1, 0.15) is 30.5 Å². The Morgan fingerprint density at radius 1 is 1.53 bits per heavy atom. The molecule has 1 fully saturated rings. The van der Waals surface area contributed by atoms with Gasteiger partial charge < -0.3 is 10.3 Å². The molecule has 0 aromatic carbocycles. The number of aromatic nitrogens is 1. The van der Waals surface area contributed by atoms with Gasteiger partial charge in [0.15, 0.2) is 0 Å². The zero-order chi connectivity index (χ0) is 11.1. The van der Waals surface area contributed by atoms with Crippen molar-refractivity contribution in [2.24, 2.45) is 5.73 Å². The molecule has 1 aromatic heterocycles. The molecule has 1 aliphatic carbocycles. The predicted molar refractivity (Wildman–Crippen MR) is 55.4 cm³/mol. The van der Waals surface area contributed by atoms with E-state index in [1.807, 2.05) is 13.8 Å². The number of carbonyl (C=O) groups is 1. The quantitative estimate of drug-likeness (QED) is 0.764. The summed E-state index contributed by atoms with van der Waals surface area (Å²) in [5, 5.41) is 6.44.